The number of carbonyl (C=O) groups is 2. The number of fused-ring (bicyclic) bond motifs is 2. The van der Waals surface area contributed by atoms with Crippen LogP contribution in [0.4, 0.5) is 33.5 Å². The quantitative estimate of drug-likeness (QED) is 0.178. The number of anilines is 5. The van der Waals surface area contributed by atoms with E-state index in [1.54, 1.807) is 4.90 Å². The first-order valence-electron chi connectivity index (χ1n) is 20.0. The number of carbonyl (C=O) groups excluding carboxylic acids is 2. The van der Waals surface area contributed by atoms with Crippen LogP contribution in [0.15, 0.2) is 79.1 Å². The summed E-state index contributed by atoms with van der Waals surface area (Å²) in [5.41, 5.74) is 9.53. The molecule has 0 aliphatic carbocycles. The molecule has 3 fully saturated rings. The Bertz CT molecular complexity index is 2230. The fourth-order valence-corrected chi connectivity index (χ4v) is 8.17. The standard InChI is InChI=1S/C43H49N11O3/c1-30-37(28-45-41-40(30)44-13-25-57-41)32-4-5-33-27-46-42(48-38(33)26-32)47-34-6-10-36(11-7-34)53-23-19-51(20-24-53)16-15-50-17-21-52(22-18-50)35-8-2-31(3-9-35)29-54-14-12-39(55)49-43(54)56/h2-11,26-28,44H,12-25,29H2,1H3,(H,46,47,48)(H,49,55,56). The molecule has 3 amide bonds. The monoisotopic (exact) mass is 767 g/mol. The molecule has 0 unspecified atom stereocenters. The van der Waals surface area contributed by atoms with Gasteiger partial charge in [-0.3, -0.25) is 19.9 Å². The molecular weight excluding hydrogens is 719 g/mol. The number of nitrogens with zero attached hydrogens (tertiary/aromatic N) is 8. The highest BCUT2D eigenvalue weighted by atomic mass is 16.5. The average molecular weight is 768 g/mol. The van der Waals surface area contributed by atoms with E-state index in [4.69, 9.17) is 9.72 Å². The molecule has 0 spiro atoms. The van der Waals surface area contributed by atoms with Gasteiger partial charge >= 0.3 is 6.03 Å². The van der Waals surface area contributed by atoms with Gasteiger partial charge in [0.05, 0.1) is 5.52 Å². The minimum Gasteiger partial charge on any atom is -0.474 e. The van der Waals surface area contributed by atoms with Crippen LogP contribution in [-0.2, 0) is 11.3 Å². The molecule has 14 heteroatoms. The minimum atomic E-state index is -0.304. The van der Waals surface area contributed by atoms with Gasteiger partial charge in [0.25, 0.3) is 0 Å². The summed E-state index contributed by atoms with van der Waals surface area (Å²) in [6.45, 7) is 14.9. The van der Waals surface area contributed by atoms with Crippen molar-refractivity contribution in [2.45, 2.75) is 19.9 Å². The van der Waals surface area contributed by atoms with Gasteiger partial charge in [0.15, 0.2) is 0 Å². The molecule has 0 radical (unpaired) electrons. The lowest BCUT2D eigenvalue weighted by atomic mass is 10.00. The third-order valence-electron chi connectivity index (χ3n) is 11.6. The summed E-state index contributed by atoms with van der Waals surface area (Å²) in [5, 5.41) is 10.2. The highest BCUT2D eigenvalue weighted by Gasteiger charge is 2.24. The second-order valence-electron chi connectivity index (χ2n) is 15.2. The largest absolute Gasteiger partial charge is 0.474 e. The smallest absolute Gasteiger partial charge is 0.324 e. The van der Waals surface area contributed by atoms with E-state index in [9.17, 15) is 9.59 Å². The van der Waals surface area contributed by atoms with Gasteiger partial charge in [-0.25, -0.2) is 19.7 Å². The van der Waals surface area contributed by atoms with E-state index in [2.05, 4.69) is 119 Å². The Morgan fingerprint density at radius 3 is 2.14 bits per heavy atom. The number of rotatable bonds is 10. The Balaban J connectivity index is 0.720. The van der Waals surface area contributed by atoms with Crippen LogP contribution < -0.4 is 30.5 Å². The Labute approximate surface area is 332 Å². The van der Waals surface area contributed by atoms with Crippen LogP contribution in [0.1, 0.15) is 17.5 Å². The molecule has 3 aromatic carbocycles. The Morgan fingerprint density at radius 1 is 0.772 bits per heavy atom. The van der Waals surface area contributed by atoms with Gasteiger partial charge in [-0.05, 0) is 66.1 Å². The number of ether oxygens (including phenoxy) is 1. The first kappa shape index (κ1) is 36.6. The van der Waals surface area contributed by atoms with Gasteiger partial charge < -0.3 is 30.1 Å². The van der Waals surface area contributed by atoms with Gasteiger partial charge in [-0.2, -0.15) is 0 Å². The van der Waals surface area contributed by atoms with Crippen molar-refractivity contribution in [3.05, 3.63) is 90.3 Å². The summed E-state index contributed by atoms with van der Waals surface area (Å²) >= 11 is 0. The third-order valence-corrected chi connectivity index (χ3v) is 11.6. The van der Waals surface area contributed by atoms with Gasteiger partial charge in [-0.1, -0.05) is 24.3 Å². The van der Waals surface area contributed by atoms with Gasteiger partial charge in [-0.15, -0.1) is 0 Å². The van der Waals surface area contributed by atoms with E-state index in [0.29, 0.717) is 37.9 Å². The van der Waals surface area contributed by atoms with Crippen molar-refractivity contribution in [2.24, 2.45) is 0 Å². The Hall–Kier alpha value is -5.99. The highest BCUT2D eigenvalue weighted by molar-refractivity contribution is 5.96. The van der Waals surface area contributed by atoms with Crippen molar-refractivity contribution in [3.8, 4) is 17.0 Å². The molecule has 4 aliphatic rings. The molecule has 6 heterocycles. The number of benzene rings is 3. The number of nitrogens with one attached hydrogen (secondary N) is 3. The summed E-state index contributed by atoms with van der Waals surface area (Å²) < 4.78 is 5.72. The van der Waals surface area contributed by atoms with Crippen molar-refractivity contribution < 1.29 is 14.3 Å². The van der Waals surface area contributed by atoms with E-state index in [0.717, 1.165) is 117 Å². The lowest BCUT2D eigenvalue weighted by Gasteiger charge is -2.39. The molecule has 2 aromatic heterocycles. The molecule has 294 valence electrons. The maximum atomic E-state index is 12.1. The summed E-state index contributed by atoms with van der Waals surface area (Å²) in [5.74, 6) is 1.03. The molecule has 0 atom stereocenters. The van der Waals surface area contributed by atoms with Crippen LogP contribution in [0, 0.1) is 6.92 Å². The Morgan fingerprint density at radius 2 is 1.46 bits per heavy atom. The number of pyridine rings is 1. The number of imide groups is 1. The van der Waals surface area contributed by atoms with E-state index in [1.807, 2.05) is 12.4 Å². The molecule has 0 saturated carbocycles. The van der Waals surface area contributed by atoms with Crippen LogP contribution in [0.5, 0.6) is 5.88 Å². The zero-order valence-corrected chi connectivity index (χ0v) is 32.4. The Kier molecular flexibility index (Phi) is 10.4. The summed E-state index contributed by atoms with van der Waals surface area (Å²) in [4.78, 5) is 49.3. The molecule has 4 aliphatic heterocycles. The average Bonchev–Trinajstić information content (AvgIpc) is 3.25. The molecule has 14 nitrogen and oxygen atoms in total. The summed E-state index contributed by atoms with van der Waals surface area (Å²) in [6.07, 6.45) is 4.10. The lowest BCUT2D eigenvalue weighted by Crippen LogP contribution is -2.51. The SMILES string of the molecule is Cc1c(-c2ccc3cnc(Nc4ccc(N5CCN(CCN6CCN(c7ccc(CN8CCC(=O)NC8=O)cc7)CC6)CC5)cc4)nc3c2)cnc2c1NCCO2. The molecule has 3 saturated heterocycles. The number of urea groups is 1. The van der Waals surface area contributed by atoms with Gasteiger partial charge in [0, 0.05) is 132 Å². The molecule has 3 N–H and O–H groups in total. The van der Waals surface area contributed by atoms with E-state index < -0.39 is 0 Å². The lowest BCUT2D eigenvalue weighted by molar-refractivity contribution is -0.121. The predicted molar refractivity (Wildman–Crippen MR) is 224 cm³/mol. The number of hydrogen-bond acceptors (Lipinski definition) is 12. The maximum absolute atomic E-state index is 12.1. The minimum absolute atomic E-state index is 0.199. The van der Waals surface area contributed by atoms with Crippen molar-refractivity contribution in [1.29, 1.82) is 0 Å². The van der Waals surface area contributed by atoms with E-state index >= 15 is 0 Å². The number of aromatic nitrogens is 3. The highest BCUT2D eigenvalue weighted by Crippen LogP contribution is 2.36. The summed E-state index contributed by atoms with van der Waals surface area (Å²) in [6, 6.07) is 23.0. The van der Waals surface area contributed by atoms with Crippen molar-refractivity contribution in [2.75, 3.05) is 106 Å². The molecule has 57 heavy (non-hydrogen) atoms. The zero-order valence-electron chi connectivity index (χ0n) is 32.4. The topological polar surface area (TPSA) is 134 Å². The van der Waals surface area contributed by atoms with Crippen molar-refractivity contribution >= 4 is 51.5 Å². The fraction of sp³-hybridized carbons (Fsp3) is 0.372. The first-order valence-corrected chi connectivity index (χ1v) is 20.0. The fourth-order valence-electron chi connectivity index (χ4n) is 8.17. The number of amides is 3. The van der Waals surface area contributed by atoms with Gasteiger partial charge in [0.2, 0.25) is 17.7 Å². The third kappa shape index (κ3) is 8.28. The normalized spacial score (nSPS) is 17.9. The second-order valence-corrected chi connectivity index (χ2v) is 15.2. The van der Waals surface area contributed by atoms with Gasteiger partial charge in [0.1, 0.15) is 12.3 Å². The molecule has 5 aromatic rings. The first-order chi connectivity index (χ1) is 27.9. The van der Waals surface area contributed by atoms with E-state index in [1.165, 1.54) is 11.4 Å². The van der Waals surface area contributed by atoms with Crippen LogP contribution in [-0.4, -0.2) is 127 Å². The van der Waals surface area contributed by atoms with Crippen molar-refractivity contribution in [3.63, 3.8) is 0 Å². The predicted octanol–water partition coefficient (Wildman–Crippen LogP) is 4.93. The molecule has 9 rings (SSSR count). The van der Waals surface area contributed by atoms with E-state index in [-0.39, 0.29) is 11.9 Å². The second kappa shape index (κ2) is 16.2. The van der Waals surface area contributed by atoms with Crippen molar-refractivity contribution in [1.82, 2.24) is 35.0 Å². The molecular formula is C43H49N11O3. The number of hydrogen-bond donors (Lipinski definition) is 3. The van der Waals surface area contributed by atoms with Crippen LogP contribution in [0.3, 0.4) is 0 Å². The summed E-state index contributed by atoms with van der Waals surface area (Å²) in [7, 11) is 0. The molecule has 0 bridgehead atoms. The van der Waals surface area contributed by atoms with Crippen LogP contribution in [0.2, 0.25) is 0 Å². The zero-order chi connectivity index (χ0) is 38.7. The maximum Gasteiger partial charge on any atom is 0.324 e. The van der Waals surface area contributed by atoms with Crippen LogP contribution >= 0.6 is 0 Å². The number of piperazine rings is 2. The van der Waals surface area contributed by atoms with Crippen LogP contribution in [0.25, 0.3) is 22.0 Å².